The Morgan fingerprint density at radius 1 is 1.23 bits per heavy atom. The minimum absolute atomic E-state index is 0.539. The third kappa shape index (κ3) is 3.87. The summed E-state index contributed by atoms with van der Waals surface area (Å²) in [4.78, 5) is 4.40. The van der Waals surface area contributed by atoms with Crippen molar-refractivity contribution in [3.05, 3.63) is 46.9 Å². The van der Waals surface area contributed by atoms with E-state index in [0.717, 1.165) is 21.3 Å². The van der Waals surface area contributed by atoms with Crippen molar-refractivity contribution in [3.63, 3.8) is 0 Å². The molecule has 0 radical (unpaired) electrons. The Kier molecular flexibility index (Phi) is 5.14. The molecule has 0 spiro atoms. The highest BCUT2D eigenvalue weighted by Crippen LogP contribution is 2.32. The lowest BCUT2D eigenvalue weighted by atomic mass is 10.3. The SMILES string of the molecule is COc1ccccc1Nc1nnc(SCc2noc(-c3ccsc3)n2)s1. The van der Waals surface area contributed by atoms with Gasteiger partial charge in [-0.1, -0.05) is 40.4 Å². The molecule has 26 heavy (non-hydrogen) atoms. The lowest BCUT2D eigenvalue weighted by Gasteiger charge is -2.07. The fraction of sp³-hybridized carbons (Fsp3) is 0.125. The first-order valence-electron chi connectivity index (χ1n) is 7.53. The number of hydrogen-bond acceptors (Lipinski definition) is 10. The zero-order chi connectivity index (χ0) is 17.8. The smallest absolute Gasteiger partial charge is 0.258 e. The zero-order valence-electron chi connectivity index (χ0n) is 13.6. The Morgan fingerprint density at radius 3 is 3.00 bits per heavy atom. The van der Waals surface area contributed by atoms with Crippen LogP contribution in [0.3, 0.4) is 0 Å². The van der Waals surface area contributed by atoms with Crippen LogP contribution in [0.15, 0.2) is 50.0 Å². The molecular formula is C16H13N5O2S3. The van der Waals surface area contributed by atoms with E-state index in [9.17, 15) is 0 Å². The maximum atomic E-state index is 5.33. The van der Waals surface area contributed by atoms with Crippen LogP contribution in [0, 0.1) is 0 Å². The van der Waals surface area contributed by atoms with E-state index in [1.54, 1.807) is 18.4 Å². The molecule has 4 rings (SSSR count). The van der Waals surface area contributed by atoms with Crippen molar-refractivity contribution in [1.82, 2.24) is 20.3 Å². The van der Waals surface area contributed by atoms with Gasteiger partial charge in [0.05, 0.1) is 24.1 Å². The topological polar surface area (TPSA) is 86.0 Å². The summed E-state index contributed by atoms with van der Waals surface area (Å²) in [5.41, 5.74) is 1.79. The normalized spacial score (nSPS) is 10.8. The summed E-state index contributed by atoms with van der Waals surface area (Å²) in [5.74, 6) is 2.49. The maximum Gasteiger partial charge on any atom is 0.258 e. The Labute approximate surface area is 161 Å². The van der Waals surface area contributed by atoms with Gasteiger partial charge in [-0.15, -0.1) is 10.2 Å². The molecule has 1 N–H and O–H groups in total. The minimum atomic E-state index is 0.539. The molecule has 4 aromatic rings. The number of nitrogens with one attached hydrogen (secondary N) is 1. The van der Waals surface area contributed by atoms with Crippen molar-refractivity contribution in [1.29, 1.82) is 0 Å². The second-order valence-electron chi connectivity index (χ2n) is 5.01. The number of para-hydroxylation sites is 2. The van der Waals surface area contributed by atoms with Gasteiger partial charge in [-0.3, -0.25) is 0 Å². The third-order valence-corrected chi connectivity index (χ3v) is 5.97. The van der Waals surface area contributed by atoms with Gasteiger partial charge < -0.3 is 14.6 Å². The van der Waals surface area contributed by atoms with Gasteiger partial charge in [0.25, 0.3) is 5.89 Å². The predicted molar refractivity (Wildman–Crippen MR) is 103 cm³/mol. The minimum Gasteiger partial charge on any atom is -0.495 e. The van der Waals surface area contributed by atoms with Gasteiger partial charge in [-0.05, 0) is 23.6 Å². The van der Waals surface area contributed by atoms with Crippen LogP contribution in [0.5, 0.6) is 5.75 Å². The van der Waals surface area contributed by atoms with Gasteiger partial charge in [0.2, 0.25) is 5.13 Å². The van der Waals surface area contributed by atoms with Crippen LogP contribution in [0.2, 0.25) is 0 Å². The molecule has 0 unspecified atom stereocenters. The lowest BCUT2D eigenvalue weighted by Crippen LogP contribution is -1.93. The van der Waals surface area contributed by atoms with Crippen molar-refractivity contribution in [2.45, 2.75) is 10.1 Å². The molecule has 0 amide bonds. The second kappa shape index (κ2) is 7.85. The third-order valence-electron chi connectivity index (χ3n) is 3.32. The van der Waals surface area contributed by atoms with Crippen LogP contribution in [0.1, 0.15) is 5.82 Å². The summed E-state index contributed by atoms with van der Waals surface area (Å²) in [7, 11) is 1.64. The van der Waals surface area contributed by atoms with Gasteiger partial charge in [0, 0.05) is 5.38 Å². The van der Waals surface area contributed by atoms with E-state index < -0.39 is 0 Å². The summed E-state index contributed by atoms with van der Waals surface area (Å²) in [6.07, 6.45) is 0. The number of benzene rings is 1. The van der Waals surface area contributed by atoms with E-state index in [0.29, 0.717) is 22.6 Å². The second-order valence-corrected chi connectivity index (χ2v) is 7.99. The van der Waals surface area contributed by atoms with Crippen molar-refractivity contribution >= 4 is 45.3 Å². The number of ether oxygens (including phenoxy) is 1. The van der Waals surface area contributed by atoms with Gasteiger partial charge in [-0.2, -0.15) is 16.3 Å². The molecule has 132 valence electrons. The van der Waals surface area contributed by atoms with Gasteiger partial charge in [-0.25, -0.2) is 0 Å². The Morgan fingerprint density at radius 2 is 2.15 bits per heavy atom. The lowest BCUT2D eigenvalue weighted by molar-refractivity contribution is 0.417. The standard InChI is InChI=1S/C16H13N5O2S3/c1-22-12-5-3-2-4-11(12)17-15-19-20-16(26-15)25-9-13-18-14(23-21-13)10-6-7-24-8-10/h2-8H,9H2,1H3,(H,17,19). The van der Waals surface area contributed by atoms with Crippen molar-refractivity contribution < 1.29 is 9.26 Å². The fourth-order valence-corrected chi connectivity index (χ4v) is 4.36. The molecule has 10 heteroatoms. The van der Waals surface area contributed by atoms with E-state index in [1.807, 2.05) is 41.1 Å². The predicted octanol–water partition coefficient (Wildman–Crippen LogP) is 4.69. The Hall–Kier alpha value is -2.43. The molecule has 1 aromatic carbocycles. The number of anilines is 2. The first-order chi connectivity index (χ1) is 12.8. The number of thioether (sulfide) groups is 1. The summed E-state index contributed by atoms with van der Waals surface area (Å²) in [5, 5.41) is 20.2. The van der Waals surface area contributed by atoms with Crippen LogP contribution < -0.4 is 10.1 Å². The van der Waals surface area contributed by atoms with Crippen LogP contribution in [-0.2, 0) is 5.75 Å². The summed E-state index contributed by atoms with van der Waals surface area (Å²) < 4.78 is 11.4. The van der Waals surface area contributed by atoms with Gasteiger partial charge in [0.1, 0.15) is 5.75 Å². The quantitative estimate of drug-likeness (QED) is 0.445. The molecule has 3 aromatic heterocycles. The number of thiophene rings is 1. The van der Waals surface area contributed by atoms with Crippen LogP contribution in [-0.4, -0.2) is 27.4 Å². The first-order valence-corrected chi connectivity index (χ1v) is 10.3. The average Bonchev–Trinajstić information content (AvgIpc) is 3.41. The molecule has 0 aliphatic heterocycles. The van der Waals surface area contributed by atoms with Gasteiger partial charge >= 0.3 is 0 Å². The molecule has 0 saturated carbocycles. The van der Waals surface area contributed by atoms with Gasteiger partial charge in [0.15, 0.2) is 10.2 Å². The summed E-state index contributed by atoms with van der Waals surface area (Å²) in [6, 6.07) is 9.62. The van der Waals surface area contributed by atoms with E-state index in [4.69, 9.17) is 9.26 Å². The first kappa shape index (κ1) is 17.0. The molecule has 0 aliphatic carbocycles. The highest BCUT2D eigenvalue weighted by atomic mass is 32.2. The molecule has 0 bridgehead atoms. The molecule has 7 nitrogen and oxygen atoms in total. The van der Waals surface area contributed by atoms with E-state index in [-0.39, 0.29) is 0 Å². The molecule has 0 fully saturated rings. The van der Waals surface area contributed by atoms with Crippen LogP contribution in [0.4, 0.5) is 10.8 Å². The number of nitrogens with zero attached hydrogens (tertiary/aromatic N) is 4. The highest BCUT2D eigenvalue weighted by molar-refractivity contribution is 8.00. The molecular weight excluding hydrogens is 390 g/mol. The molecule has 0 aliphatic rings. The van der Waals surface area contributed by atoms with Crippen molar-refractivity contribution in [2.24, 2.45) is 0 Å². The zero-order valence-corrected chi connectivity index (χ0v) is 16.0. The highest BCUT2D eigenvalue weighted by Gasteiger charge is 2.12. The van der Waals surface area contributed by atoms with Crippen molar-refractivity contribution in [3.8, 4) is 17.2 Å². The Balaban J connectivity index is 1.38. The molecule has 0 atom stereocenters. The number of rotatable bonds is 7. The van der Waals surface area contributed by atoms with E-state index in [1.165, 1.54) is 23.1 Å². The number of methoxy groups -OCH3 is 1. The fourth-order valence-electron chi connectivity index (χ4n) is 2.12. The van der Waals surface area contributed by atoms with Crippen molar-refractivity contribution in [2.75, 3.05) is 12.4 Å². The van der Waals surface area contributed by atoms with Crippen LogP contribution in [0.25, 0.3) is 11.5 Å². The summed E-state index contributed by atoms with van der Waals surface area (Å²) in [6.45, 7) is 0. The van der Waals surface area contributed by atoms with E-state index in [2.05, 4.69) is 25.7 Å². The molecule has 3 heterocycles. The summed E-state index contributed by atoms with van der Waals surface area (Å²) >= 11 is 4.57. The maximum absolute atomic E-state index is 5.33. The number of hydrogen-bond donors (Lipinski definition) is 1. The molecule has 0 saturated heterocycles. The largest absolute Gasteiger partial charge is 0.495 e. The monoisotopic (exact) mass is 403 g/mol. The van der Waals surface area contributed by atoms with E-state index >= 15 is 0 Å². The Bertz CT molecular complexity index is 983. The van der Waals surface area contributed by atoms with Crippen LogP contribution >= 0.6 is 34.4 Å². The average molecular weight is 404 g/mol. The number of aromatic nitrogens is 4.